The number of halogens is 3. The minimum absolute atomic E-state index is 0.397. The minimum atomic E-state index is -1.05. The van der Waals surface area contributed by atoms with Crippen molar-refractivity contribution in [2.24, 2.45) is 0 Å². The van der Waals surface area contributed by atoms with Crippen LogP contribution in [-0.4, -0.2) is 5.97 Å². The fourth-order valence-electron chi connectivity index (χ4n) is 0.697. The Labute approximate surface area is 71.9 Å². The Morgan fingerprint density at radius 2 is 2.08 bits per heavy atom. The Morgan fingerprint density at radius 1 is 1.42 bits per heavy atom. The zero-order chi connectivity index (χ0) is 9.14. The molecule has 0 atom stereocenters. The quantitative estimate of drug-likeness (QED) is 0.682. The average molecular weight is 193 g/mol. The normalized spacial score (nSPS) is 9.58. The molecule has 0 saturated carbocycles. The molecule has 64 valence electrons. The third kappa shape index (κ3) is 1.71. The van der Waals surface area contributed by atoms with Gasteiger partial charge >= 0.3 is 5.97 Å². The number of hydrogen-bond donors (Lipinski definition) is 0. The molecule has 0 aliphatic rings. The molecule has 0 N–H and O–H groups in total. The van der Waals surface area contributed by atoms with Crippen molar-refractivity contribution in [1.29, 1.82) is 0 Å². The minimum Gasteiger partial charge on any atom is -0.343 e. The molecule has 1 aromatic carbocycles. The van der Waals surface area contributed by atoms with Crippen LogP contribution in [0, 0.1) is 11.6 Å². The van der Waals surface area contributed by atoms with Crippen LogP contribution in [-0.2, 0) is 4.29 Å². The summed E-state index contributed by atoms with van der Waals surface area (Å²) in [5.74, 6) is -2.81. The first kappa shape index (κ1) is 8.93. The van der Waals surface area contributed by atoms with E-state index < -0.39 is 23.2 Å². The molecule has 5 heteroatoms. The van der Waals surface area contributed by atoms with Crippen LogP contribution in [0.1, 0.15) is 10.4 Å². The maximum absolute atomic E-state index is 12.7. The average Bonchev–Trinajstić information content (AvgIpc) is 2.03. The molecule has 0 unspecified atom stereocenters. The van der Waals surface area contributed by atoms with Crippen molar-refractivity contribution in [2.75, 3.05) is 0 Å². The summed E-state index contributed by atoms with van der Waals surface area (Å²) >= 11 is 4.69. The molecule has 2 nitrogen and oxygen atoms in total. The largest absolute Gasteiger partial charge is 0.359 e. The highest BCUT2D eigenvalue weighted by Gasteiger charge is 2.12. The van der Waals surface area contributed by atoms with Crippen LogP contribution in [0.3, 0.4) is 0 Å². The second-order valence-corrected chi connectivity index (χ2v) is 2.14. The van der Waals surface area contributed by atoms with Crippen LogP contribution >= 0.6 is 11.9 Å². The third-order valence-electron chi connectivity index (χ3n) is 1.22. The molecule has 0 bridgehead atoms. The zero-order valence-electron chi connectivity index (χ0n) is 5.68. The van der Waals surface area contributed by atoms with Gasteiger partial charge in [-0.1, -0.05) is 0 Å². The van der Waals surface area contributed by atoms with E-state index in [-0.39, 0.29) is 0 Å². The molecule has 0 saturated heterocycles. The molecule has 0 radical (unpaired) electrons. The highest BCUT2D eigenvalue weighted by Crippen LogP contribution is 2.11. The summed E-state index contributed by atoms with van der Waals surface area (Å²) in [5, 5.41) is 0. The number of rotatable bonds is 1. The van der Waals surface area contributed by atoms with Crippen LogP contribution in [0.25, 0.3) is 0 Å². The summed E-state index contributed by atoms with van der Waals surface area (Å²) in [6.07, 6.45) is 0. The van der Waals surface area contributed by atoms with Crippen LogP contribution in [0.4, 0.5) is 8.78 Å². The summed E-state index contributed by atoms with van der Waals surface area (Å²) in [5.41, 5.74) is -0.397. The van der Waals surface area contributed by atoms with Crippen LogP contribution < -0.4 is 0 Å². The monoisotopic (exact) mass is 192 g/mol. The van der Waals surface area contributed by atoms with E-state index in [9.17, 15) is 13.6 Å². The molecule has 0 fully saturated rings. The van der Waals surface area contributed by atoms with Gasteiger partial charge in [0.2, 0.25) is 0 Å². The predicted molar refractivity (Wildman–Crippen MR) is 37.6 cm³/mol. The first-order chi connectivity index (χ1) is 5.65. The molecular weight excluding hydrogens is 190 g/mol. The van der Waals surface area contributed by atoms with Gasteiger partial charge in [0.15, 0.2) is 0 Å². The molecule has 1 rings (SSSR count). The van der Waals surface area contributed by atoms with E-state index in [1.807, 2.05) is 0 Å². The fourth-order valence-corrected chi connectivity index (χ4v) is 0.780. The van der Waals surface area contributed by atoms with Crippen molar-refractivity contribution >= 4 is 17.8 Å². The van der Waals surface area contributed by atoms with E-state index in [0.717, 1.165) is 12.1 Å². The summed E-state index contributed by atoms with van der Waals surface area (Å²) < 4.78 is 28.7. The Kier molecular flexibility index (Phi) is 2.60. The van der Waals surface area contributed by atoms with Crippen LogP contribution in [0.15, 0.2) is 18.2 Å². The number of carbonyl (C=O) groups excluding carboxylic acids is 1. The summed E-state index contributed by atoms with van der Waals surface area (Å²) in [6, 6.07) is 2.46. The van der Waals surface area contributed by atoms with E-state index in [0.29, 0.717) is 6.07 Å². The van der Waals surface area contributed by atoms with Gasteiger partial charge in [0, 0.05) is 6.07 Å². The molecule has 0 amide bonds. The molecule has 1 aromatic rings. The first-order valence-corrected chi connectivity index (χ1v) is 3.24. The van der Waals surface area contributed by atoms with Gasteiger partial charge in [0.05, 0.1) is 5.56 Å². The summed E-state index contributed by atoms with van der Waals surface area (Å²) in [4.78, 5) is 10.6. The van der Waals surface area contributed by atoms with Crippen LogP contribution in [0.2, 0.25) is 0 Å². The summed E-state index contributed by atoms with van der Waals surface area (Å²) in [6.45, 7) is 0. The van der Waals surface area contributed by atoms with Crippen molar-refractivity contribution < 1.29 is 17.9 Å². The Morgan fingerprint density at radius 3 is 2.58 bits per heavy atom. The smallest absolute Gasteiger partial charge is 0.343 e. The van der Waals surface area contributed by atoms with Crippen molar-refractivity contribution in [3.05, 3.63) is 35.4 Å². The van der Waals surface area contributed by atoms with E-state index in [2.05, 4.69) is 16.2 Å². The lowest BCUT2D eigenvalue weighted by Crippen LogP contribution is -2.01. The van der Waals surface area contributed by atoms with Gasteiger partial charge in [0.1, 0.15) is 23.5 Å². The first-order valence-electron chi connectivity index (χ1n) is 2.93. The molecule has 0 aliphatic heterocycles. The molecule has 12 heavy (non-hydrogen) atoms. The number of hydrogen-bond acceptors (Lipinski definition) is 2. The highest BCUT2D eigenvalue weighted by atomic mass is 35.5. The molecule has 0 spiro atoms. The number of benzene rings is 1. The lowest BCUT2D eigenvalue weighted by atomic mass is 10.2. The number of carbonyl (C=O) groups is 1. The Bertz CT molecular complexity index is 314. The van der Waals surface area contributed by atoms with Crippen molar-refractivity contribution in [3.8, 4) is 0 Å². The van der Waals surface area contributed by atoms with Crippen molar-refractivity contribution in [3.63, 3.8) is 0 Å². The highest BCUT2D eigenvalue weighted by molar-refractivity contribution is 6.15. The molecule has 0 aromatic heterocycles. The van der Waals surface area contributed by atoms with Gasteiger partial charge in [0.25, 0.3) is 0 Å². The van der Waals surface area contributed by atoms with Gasteiger partial charge in [-0.2, -0.15) is 0 Å². The lowest BCUT2D eigenvalue weighted by Gasteiger charge is -1.97. The second kappa shape index (κ2) is 3.49. The van der Waals surface area contributed by atoms with Crippen molar-refractivity contribution in [1.82, 2.24) is 0 Å². The van der Waals surface area contributed by atoms with Gasteiger partial charge in [-0.15, -0.1) is 0 Å². The fraction of sp³-hybridized carbons (Fsp3) is 0. The van der Waals surface area contributed by atoms with Crippen LogP contribution in [0.5, 0.6) is 0 Å². The molecular formula is C7H3ClF2O2. The SMILES string of the molecule is O=C(OCl)c1ccc(F)cc1F. The third-order valence-corrected chi connectivity index (χ3v) is 1.36. The van der Waals surface area contributed by atoms with Crippen molar-refractivity contribution in [2.45, 2.75) is 0 Å². The van der Waals surface area contributed by atoms with E-state index in [4.69, 9.17) is 0 Å². The van der Waals surface area contributed by atoms with E-state index >= 15 is 0 Å². The van der Waals surface area contributed by atoms with E-state index in [1.165, 1.54) is 0 Å². The lowest BCUT2D eigenvalue weighted by molar-refractivity contribution is 0.0746. The van der Waals surface area contributed by atoms with Gasteiger partial charge in [-0.05, 0) is 12.1 Å². The zero-order valence-corrected chi connectivity index (χ0v) is 6.44. The molecule has 0 heterocycles. The van der Waals surface area contributed by atoms with Gasteiger partial charge in [-0.3, -0.25) is 0 Å². The van der Waals surface area contributed by atoms with Gasteiger partial charge in [-0.25, -0.2) is 13.6 Å². The maximum atomic E-state index is 12.7. The predicted octanol–water partition coefficient (Wildman–Crippen LogP) is 2.28. The standard InChI is InChI=1S/C7H3ClF2O2/c8-12-7(11)5-2-1-4(9)3-6(5)10/h1-3H. The Hall–Kier alpha value is -1.16. The molecule has 0 aliphatic carbocycles. The van der Waals surface area contributed by atoms with E-state index in [1.54, 1.807) is 0 Å². The van der Waals surface area contributed by atoms with Gasteiger partial charge < -0.3 is 4.29 Å². The Balaban J connectivity index is 3.09. The topological polar surface area (TPSA) is 26.3 Å². The second-order valence-electron chi connectivity index (χ2n) is 1.99. The maximum Gasteiger partial charge on any atom is 0.359 e. The summed E-state index contributed by atoms with van der Waals surface area (Å²) in [7, 11) is 0.